The third-order valence-electron chi connectivity index (χ3n) is 2.67. The molecule has 0 heterocycles. The van der Waals surface area contributed by atoms with E-state index in [0.29, 0.717) is 12.3 Å². The van der Waals surface area contributed by atoms with Crippen LogP contribution in [0.4, 0.5) is 0 Å². The highest BCUT2D eigenvalue weighted by Gasteiger charge is 2.27. The molecule has 0 saturated heterocycles. The van der Waals surface area contributed by atoms with E-state index >= 15 is 0 Å². The summed E-state index contributed by atoms with van der Waals surface area (Å²) in [5, 5.41) is 11.3. The number of hydrogen-bond donors (Lipinski definition) is 2. The second-order valence-corrected chi connectivity index (χ2v) is 4.22. The number of rotatable bonds is 7. The van der Waals surface area contributed by atoms with Gasteiger partial charge in [0.15, 0.2) is 0 Å². The van der Waals surface area contributed by atoms with Gasteiger partial charge in [-0.25, -0.2) is 4.79 Å². The molecule has 0 aliphatic heterocycles. The number of ether oxygens (including phenoxy) is 1. The summed E-state index contributed by atoms with van der Waals surface area (Å²) in [4.78, 5) is 33.2. The second kappa shape index (κ2) is 6.22. The van der Waals surface area contributed by atoms with Crippen molar-refractivity contribution in [3.8, 4) is 0 Å². The maximum absolute atomic E-state index is 11.4. The van der Waals surface area contributed by atoms with E-state index in [9.17, 15) is 14.4 Å². The summed E-state index contributed by atoms with van der Waals surface area (Å²) in [6.45, 7) is 0. The quantitative estimate of drug-likeness (QED) is 0.628. The fraction of sp³-hybridized carbons (Fsp3) is 0.727. The highest BCUT2D eigenvalue weighted by atomic mass is 16.5. The van der Waals surface area contributed by atoms with E-state index in [1.807, 2.05) is 0 Å². The number of carboxylic acid groups (broad SMARTS) is 1. The van der Waals surface area contributed by atoms with Crippen molar-refractivity contribution in [2.45, 2.75) is 38.1 Å². The number of amides is 1. The van der Waals surface area contributed by atoms with Gasteiger partial charge in [0.25, 0.3) is 0 Å². The van der Waals surface area contributed by atoms with Gasteiger partial charge < -0.3 is 15.2 Å². The molecule has 6 heteroatoms. The van der Waals surface area contributed by atoms with Crippen molar-refractivity contribution < 1.29 is 24.2 Å². The summed E-state index contributed by atoms with van der Waals surface area (Å²) in [6, 6.07) is -1.01. The van der Waals surface area contributed by atoms with Crippen LogP contribution in [0.15, 0.2) is 0 Å². The van der Waals surface area contributed by atoms with Gasteiger partial charge in [-0.05, 0) is 25.2 Å². The minimum atomic E-state index is -1.13. The first kappa shape index (κ1) is 13.5. The first-order chi connectivity index (χ1) is 8.02. The Balaban J connectivity index is 2.33. The minimum Gasteiger partial charge on any atom is -0.480 e. The van der Waals surface area contributed by atoms with Gasteiger partial charge in [-0.1, -0.05) is 0 Å². The topological polar surface area (TPSA) is 92.7 Å². The van der Waals surface area contributed by atoms with Gasteiger partial charge >= 0.3 is 11.9 Å². The third-order valence-corrected chi connectivity index (χ3v) is 2.67. The van der Waals surface area contributed by atoms with Crippen LogP contribution in [0.3, 0.4) is 0 Å². The van der Waals surface area contributed by atoms with Crippen molar-refractivity contribution in [2.24, 2.45) is 5.92 Å². The van der Waals surface area contributed by atoms with Crippen molar-refractivity contribution in [3.63, 3.8) is 0 Å². The number of methoxy groups -OCH3 is 1. The molecule has 0 unspecified atom stereocenters. The lowest BCUT2D eigenvalue weighted by Gasteiger charge is -2.13. The van der Waals surface area contributed by atoms with Crippen LogP contribution < -0.4 is 5.32 Å². The summed E-state index contributed by atoms with van der Waals surface area (Å²) in [6.07, 6.45) is 2.48. The molecule has 6 nitrogen and oxygen atoms in total. The first-order valence-corrected chi connectivity index (χ1v) is 5.62. The fourth-order valence-electron chi connectivity index (χ4n) is 1.46. The molecule has 1 fully saturated rings. The Bertz CT molecular complexity index is 311. The Kier molecular flexibility index (Phi) is 4.93. The summed E-state index contributed by atoms with van der Waals surface area (Å²) in [5.74, 6) is -1.46. The summed E-state index contributed by atoms with van der Waals surface area (Å²) < 4.78 is 4.42. The zero-order chi connectivity index (χ0) is 12.8. The molecule has 2 N–H and O–H groups in total. The highest BCUT2D eigenvalue weighted by molar-refractivity contribution is 5.84. The van der Waals surface area contributed by atoms with Crippen LogP contribution in [-0.2, 0) is 19.1 Å². The molecule has 1 atom stereocenters. The Morgan fingerprint density at radius 2 is 2.06 bits per heavy atom. The van der Waals surface area contributed by atoms with Crippen LogP contribution in [0.25, 0.3) is 0 Å². The van der Waals surface area contributed by atoms with Gasteiger partial charge in [-0.15, -0.1) is 0 Å². The predicted molar refractivity (Wildman–Crippen MR) is 58.2 cm³/mol. The number of hydrogen-bond acceptors (Lipinski definition) is 4. The highest BCUT2D eigenvalue weighted by Crippen LogP contribution is 2.32. The van der Waals surface area contributed by atoms with Crippen LogP contribution in [0, 0.1) is 5.92 Å². The zero-order valence-electron chi connectivity index (χ0n) is 9.77. The molecule has 0 aromatic heterocycles. The normalized spacial score (nSPS) is 16.1. The molecule has 1 aliphatic rings. The maximum Gasteiger partial charge on any atom is 0.326 e. The molecule has 0 aromatic rings. The van der Waals surface area contributed by atoms with Crippen molar-refractivity contribution in [2.75, 3.05) is 7.11 Å². The fourth-order valence-corrected chi connectivity index (χ4v) is 1.46. The zero-order valence-corrected chi connectivity index (χ0v) is 9.77. The van der Waals surface area contributed by atoms with Crippen molar-refractivity contribution in [3.05, 3.63) is 0 Å². The van der Waals surface area contributed by atoms with E-state index in [-0.39, 0.29) is 18.7 Å². The van der Waals surface area contributed by atoms with Gasteiger partial charge in [0, 0.05) is 12.8 Å². The molecule has 96 valence electrons. The van der Waals surface area contributed by atoms with Crippen molar-refractivity contribution in [1.29, 1.82) is 0 Å². The van der Waals surface area contributed by atoms with Gasteiger partial charge in [0.1, 0.15) is 6.04 Å². The number of carboxylic acids is 1. The van der Waals surface area contributed by atoms with Gasteiger partial charge in [-0.2, -0.15) is 0 Å². The number of carbonyl (C=O) groups excluding carboxylic acids is 2. The van der Waals surface area contributed by atoms with Gasteiger partial charge in [0.05, 0.1) is 7.11 Å². The summed E-state index contributed by atoms with van der Waals surface area (Å²) in [5.41, 5.74) is 0. The van der Waals surface area contributed by atoms with Crippen LogP contribution in [0.5, 0.6) is 0 Å². The monoisotopic (exact) mass is 243 g/mol. The average Bonchev–Trinajstić information content (AvgIpc) is 3.06. The largest absolute Gasteiger partial charge is 0.480 e. The first-order valence-electron chi connectivity index (χ1n) is 5.62. The Morgan fingerprint density at radius 3 is 2.53 bits per heavy atom. The Morgan fingerprint density at radius 1 is 1.41 bits per heavy atom. The van der Waals surface area contributed by atoms with Gasteiger partial charge in [0.2, 0.25) is 5.91 Å². The third kappa shape index (κ3) is 5.33. The smallest absolute Gasteiger partial charge is 0.326 e. The van der Waals surface area contributed by atoms with Gasteiger partial charge in [-0.3, -0.25) is 9.59 Å². The van der Waals surface area contributed by atoms with Crippen LogP contribution >= 0.6 is 0 Å². The SMILES string of the molecule is COC(=O)CC[C@@H](NC(=O)CC1CC1)C(=O)O. The molecule has 1 aliphatic carbocycles. The van der Waals surface area contributed by atoms with E-state index in [1.165, 1.54) is 7.11 Å². The lowest BCUT2D eigenvalue weighted by molar-refractivity contribution is -0.144. The standard InChI is InChI=1S/C11H17NO5/c1-17-10(14)5-4-8(11(15)16)12-9(13)6-7-2-3-7/h7-8H,2-6H2,1H3,(H,12,13)(H,15,16)/t8-/m1/s1. The molecule has 1 saturated carbocycles. The molecule has 0 spiro atoms. The van der Waals surface area contributed by atoms with Crippen LogP contribution in [0.2, 0.25) is 0 Å². The lowest BCUT2D eigenvalue weighted by atomic mass is 10.1. The number of nitrogens with one attached hydrogen (secondary N) is 1. The average molecular weight is 243 g/mol. The van der Waals surface area contributed by atoms with E-state index in [1.54, 1.807) is 0 Å². The van der Waals surface area contributed by atoms with Crippen molar-refractivity contribution in [1.82, 2.24) is 5.32 Å². The molecular formula is C11H17NO5. The molecule has 17 heavy (non-hydrogen) atoms. The number of aliphatic carboxylic acids is 1. The second-order valence-electron chi connectivity index (χ2n) is 4.22. The summed E-state index contributed by atoms with van der Waals surface area (Å²) >= 11 is 0. The molecular weight excluding hydrogens is 226 g/mol. The number of esters is 1. The van der Waals surface area contributed by atoms with E-state index in [4.69, 9.17) is 5.11 Å². The Labute approximate surface area is 99.3 Å². The van der Waals surface area contributed by atoms with Crippen LogP contribution in [0.1, 0.15) is 32.1 Å². The van der Waals surface area contributed by atoms with Crippen LogP contribution in [-0.4, -0.2) is 36.1 Å². The maximum atomic E-state index is 11.4. The summed E-state index contributed by atoms with van der Waals surface area (Å²) in [7, 11) is 1.24. The van der Waals surface area contributed by atoms with E-state index in [2.05, 4.69) is 10.1 Å². The molecule has 1 amide bonds. The van der Waals surface area contributed by atoms with E-state index in [0.717, 1.165) is 12.8 Å². The minimum absolute atomic E-state index is 0.0167. The number of carbonyl (C=O) groups is 3. The van der Waals surface area contributed by atoms with E-state index < -0.39 is 18.0 Å². The molecule has 1 rings (SSSR count). The molecule has 0 radical (unpaired) electrons. The molecule has 0 bridgehead atoms. The van der Waals surface area contributed by atoms with Crippen molar-refractivity contribution >= 4 is 17.8 Å². The Hall–Kier alpha value is -1.59. The lowest BCUT2D eigenvalue weighted by Crippen LogP contribution is -2.41. The molecule has 0 aromatic carbocycles. The predicted octanol–water partition coefficient (Wildman–Crippen LogP) is 0.309.